The van der Waals surface area contributed by atoms with Crippen LogP contribution in [0.1, 0.15) is 12.8 Å². The van der Waals surface area contributed by atoms with E-state index < -0.39 is 37.5 Å². The number of alkyl halides is 6. The molecule has 1 rings (SSSR count). The highest BCUT2D eigenvalue weighted by Gasteiger charge is 2.43. The number of piperidine rings is 1. The van der Waals surface area contributed by atoms with Crippen LogP contribution in [0, 0.1) is 5.92 Å². The molecular weight excluding hydrogens is 268 g/mol. The van der Waals surface area contributed by atoms with Crippen molar-refractivity contribution in [3.05, 3.63) is 0 Å². The number of halogens is 6. The van der Waals surface area contributed by atoms with E-state index in [2.05, 4.69) is 4.74 Å². The molecule has 1 heterocycles. The number of amides is 1. The minimum Gasteiger partial charge on any atom is -0.440 e. The Morgan fingerprint density at radius 2 is 1.83 bits per heavy atom. The van der Waals surface area contributed by atoms with Gasteiger partial charge in [-0.05, 0) is 12.8 Å². The minimum absolute atomic E-state index is 0.0245. The van der Waals surface area contributed by atoms with Crippen LogP contribution < -0.4 is 0 Å². The normalized spacial score (nSPS) is 21.9. The van der Waals surface area contributed by atoms with Crippen LogP contribution in [0.4, 0.5) is 31.1 Å². The van der Waals surface area contributed by atoms with Gasteiger partial charge >= 0.3 is 18.4 Å². The van der Waals surface area contributed by atoms with E-state index in [0.717, 1.165) is 0 Å². The Kier molecular flexibility index (Phi) is 4.33. The molecule has 1 amide bonds. The van der Waals surface area contributed by atoms with Gasteiger partial charge in [0.15, 0.2) is 6.61 Å². The molecule has 0 saturated carbocycles. The molecular formula is C9H11F6NO2. The largest absolute Gasteiger partial charge is 0.440 e. The van der Waals surface area contributed by atoms with Gasteiger partial charge in [0.05, 0.1) is 5.92 Å². The van der Waals surface area contributed by atoms with E-state index in [1.807, 2.05) is 0 Å². The van der Waals surface area contributed by atoms with Gasteiger partial charge in [-0.25, -0.2) is 4.79 Å². The highest BCUT2D eigenvalue weighted by molar-refractivity contribution is 5.67. The lowest BCUT2D eigenvalue weighted by Gasteiger charge is -2.33. The lowest BCUT2D eigenvalue weighted by molar-refractivity contribution is -0.187. The number of rotatable bonds is 1. The average Bonchev–Trinajstić information content (AvgIpc) is 2.24. The van der Waals surface area contributed by atoms with Gasteiger partial charge in [-0.1, -0.05) is 0 Å². The summed E-state index contributed by atoms with van der Waals surface area (Å²) in [4.78, 5) is 11.8. The molecule has 1 fully saturated rings. The molecule has 1 aliphatic rings. The standard InChI is InChI=1S/C9H11F6NO2/c10-8(11,12)5-18-7(17)16-3-1-2-6(4-16)9(13,14)15/h6H,1-5H2. The third kappa shape index (κ3) is 4.61. The first-order chi connectivity index (χ1) is 8.09. The van der Waals surface area contributed by atoms with E-state index in [1.165, 1.54) is 0 Å². The fourth-order valence-corrected chi connectivity index (χ4v) is 1.65. The molecule has 3 nitrogen and oxygen atoms in total. The summed E-state index contributed by atoms with van der Waals surface area (Å²) in [6, 6.07) is 0. The summed E-state index contributed by atoms with van der Waals surface area (Å²) >= 11 is 0. The van der Waals surface area contributed by atoms with Gasteiger partial charge in [0.2, 0.25) is 0 Å². The minimum atomic E-state index is -4.69. The smallest absolute Gasteiger partial charge is 0.422 e. The van der Waals surface area contributed by atoms with Gasteiger partial charge < -0.3 is 9.64 Å². The molecule has 9 heteroatoms. The maximum atomic E-state index is 12.4. The van der Waals surface area contributed by atoms with Gasteiger partial charge in [-0.15, -0.1) is 0 Å². The lowest BCUT2D eigenvalue weighted by Crippen LogP contribution is -2.45. The van der Waals surface area contributed by atoms with Crippen LogP contribution in [0.5, 0.6) is 0 Å². The van der Waals surface area contributed by atoms with Crippen molar-refractivity contribution in [1.82, 2.24) is 4.90 Å². The van der Waals surface area contributed by atoms with Crippen LogP contribution in [-0.4, -0.2) is 43.0 Å². The van der Waals surface area contributed by atoms with Crippen LogP contribution in [0.25, 0.3) is 0 Å². The predicted molar refractivity (Wildman–Crippen MR) is 47.8 cm³/mol. The summed E-state index contributed by atoms with van der Waals surface area (Å²) in [7, 11) is 0. The second kappa shape index (κ2) is 5.23. The van der Waals surface area contributed by atoms with E-state index in [0.29, 0.717) is 4.90 Å². The Balaban J connectivity index is 2.49. The molecule has 0 aromatic rings. The fraction of sp³-hybridized carbons (Fsp3) is 0.889. The number of hydrogen-bond acceptors (Lipinski definition) is 2. The molecule has 1 unspecified atom stereocenters. The molecule has 0 aromatic heterocycles. The highest BCUT2D eigenvalue weighted by Crippen LogP contribution is 2.33. The van der Waals surface area contributed by atoms with Crippen molar-refractivity contribution >= 4 is 6.09 Å². The molecule has 1 saturated heterocycles. The summed E-state index contributed by atoms with van der Waals surface area (Å²) in [5.41, 5.74) is 0. The monoisotopic (exact) mass is 279 g/mol. The van der Waals surface area contributed by atoms with Crippen LogP contribution in [-0.2, 0) is 4.74 Å². The first kappa shape index (κ1) is 14.9. The Bertz CT molecular complexity index is 300. The van der Waals surface area contributed by atoms with Crippen molar-refractivity contribution in [2.24, 2.45) is 5.92 Å². The summed E-state index contributed by atoms with van der Waals surface area (Å²) in [6.07, 6.45) is -10.5. The quantitative estimate of drug-likeness (QED) is 0.691. The van der Waals surface area contributed by atoms with Gasteiger partial charge in [0.25, 0.3) is 0 Å². The summed E-state index contributed by atoms with van der Waals surface area (Å²) in [6.45, 7) is -2.47. The summed E-state index contributed by atoms with van der Waals surface area (Å²) < 4.78 is 76.4. The van der Waals surface area contributed by atoms with Gasteiger partial charge in [-0.3, -0.25) is 0 Å². The zero-order chi connectivity index (χ0) is 14.0. The first-order valence-corrected chi connectivity index (χ1v) is 5.15. The molecule has 106 valence electrons. The topological polar surface area (TPSA) is 29.5 Å². The fourth-order valence-electron chi connectivity index (χ4n) is 1.65. The van der Waals surface area contributed by atoms with E-state index in [-0.39, 0.29) is 19.4 Å². The van der Waals surface area contributed by atoms with Crippen molar-refractivity contribution in [2.75, 3.05) is 19.7 Å². The van der Waals surface area contributed by atoms with E-state index >= 15 is 0 Å². The highest BCUT2D eigenvalue weighted by atomic mass is 19.4. The zero-order valence-electron chi connectivity index (χ0n) is 9.14. The van der Waals surface area contributed by atoms with E-state index in [4.69, 9.17) is 0 Å². The Morgan fingerprint density at radius 1 is 1.22 bits per heavy atom. The number of carbonyl (C=O) groups excluding carboxylic acids is 1. The maximum Gasteiger partial charge on any atom is 0.422 e. The third-order valence-corrected chi connectivity index (χ3v) is 2.50. The van der Waals surface area contributed by atoms with Gasteiger partial charge in [0, 0.05) is 13.1 Å². The van der Waals surface area contributed by atoms with E-state index in [1.54, 1.807) is 0 Å². The van der Waals surface area contributed by atoms with Crippen molar-refractivity contribution in [1.29, 1.82) is 0 Å². The van der Waals surface area contributed by atoms with Crippen molar-refractivity contribution in [2.45, 2.75) is 25.2 Å². The summed E-state index contributed by atoms with van der Waals surface area (Å²) in [5.74, 6) is -1.70. The molecule has 0 spiro atoms. The van der Waals surface area contributed by atoms with Gasteiger partial charge in [-0.2, -0.15) is 26.3 Å². The molecule has 18 heavy (non-hydrogen) atoms. The Labute approximate surface area is 98.7 Å². The number of ether oxygens (including phenoxy) is 1. The molecule has 0 aromatic carbocycles. The Morgan fingerprint density at radius 3 is 2.33 bits per heavy atom. The van der Waals surface area contributed by atoms with E-state index in [9.17, 15) is 31.1 Å². The number of hydrogen-bond donors (Lipinski definition) is 0. The first-order valence-electron chi connectivity index (χ1n) is 5.15. The molecule has 1 aliphatic heterocycles. The molecule has 0 radical (unpaired) electrons. The zero-order valence-corrected chi connectivity index (χ0v) is 9.14. The SMILES string of the molecule is O=C(OCC(F)(F)F)N1CCCC(C(F)(F)F)C1. The average molecular weight is 279 g/mol. The Hall–Kier alpha value is -1.15. The van der Waals surface area contributed by atoms with Crippen LogP contribution >= 0.6 is 0 Å². The molecule has 0 bridgehead atoms. The number of nitrogens with zero attached hydrogens (tertiary/aromatic N) is 1. The number of likely N-dealkylation sites (tertiary alicyclic amines) is 1. The van der Waals surface area contributed by atoms with Crippen LogP contribution in [0.2, 0.25) is 0 Å². The maximum absolute atomic E-state index is 12.4. The number of carbonyl (C=O) groups is 1. The molecule has 0 N–H and O–H groups in total. The second-order valence-corrected chi connectivity index (χ2v) is 4.00. The van der Waals surface area contributed by atoms with Crippen LogP contribution in [0.15, 0.2) is 0 Å². The van der Waals surface area contributed by atoms with Crippen LogP contribution in [0.3, 0.4) is 0 Å². The van der Waals surface area contributed by atoms with Gasteiger partial charge in [0.1, 0.15) is 0 Å². The third-order valence-electron chi connectivity index (χ3n) is 2.50. The van der Waals surface area contributed by atoms with Crippen molar-refractivity contribution in [3.8, 4) is 0 Å². The lowest BCUT2D eigenvalue weighted by atomic mass is 9.98. The van der Waals surface area contributed by atoms with Crippen molar-refractivity contribution < 1.29 is 35.9 Å². The summed E-state index contributed by atoms with van der Waals surface area (Å²) in [5, 5.41) is 0. The second-order valence-electron chi connectivity index (χ2n) is 4.00. The van der Waals surface area contributed by atoms with Crippen molar-refractivity contribution in [3.63, 3.8) is 0 Å². The predicted octanol–water partition coefficient (Wildman–Crippen LogP) is 2.96. The molecule has 0 aliphatic carbocycles. The molecule has 1 atom stereocenters.